The molecule has 1 rings (SSSR count). The van der Waals surface area contributed by atoms with Crippen molar-refractivity contribution in [1.82, 2.24) is 0 Å². The second-order valence-electron chi connectivity index (χ2n) is 3.50. The van der Waals surface area contributed by atoms with Crippen molar-refractivity contribution >= 4 is 6.29 Å². The Morgan fingerprint density at radius 2 is 2.21 bits per heavy atom. The van der Waals surface area contributed by atoms with E-state index in [1.807, 2.05) is 13.8 Å². The van der Waals surface area contributed by atoms with Gasteiger partial charge in [-0.3, -0.25) is 4.79 Å². The first-order chi connectivity index (χ1) is 6.63. The van der Waals surface area contributed by atoms with Gasteiger partial charge in [0.2, 0.25) is 0 Å². The van der Waals surface area contributed by atoms with Crippen LogP contribution < -0.4 is 4.74 Å². The quantitative estimate of drug-likeness (QED) is 0.692. The molecule has 0 N–H and O–H groups in total. The molecule has 2 nitrogen and oxygen atoms in total. The van der Waals surface area contributed by atoms with E-state index in [1.165, 1.54) is 18.2 Å². The Bertz CT molecular complexity index is 321. The zero-order valence-corrected chi connectivity index (χ0v) is 8.29. The molecule has 76 valence electrons. The maximum absolute atomic E-state index is 12.8. The first-order valence-corrected chi connectivity index (χ1v) is 4.51. The zero-order valence-electron chi connectivity index (χ0n) is 8.29. The van der Waals surface area contributed by atoms with Gasteiger partial charge in [-0.15, -0.1) is 0 Å². The number of aldehydes is 1. The number of halogens is 1. The highest BCUT2D eigenvalue weighted by Gasteiger charge is 2.05. The second kappa shape index (κ2) is 4.74. The molecule has 0 heterocycles. The van der Waals surface area contributed by atoms with Crippen LogP contribution in [0.4, 0.5) is 4.39 Å². The average molecular weight is 196 g/mol. The molecular formula is C11H13FO2. The maximum Gasteiger partial charge on any atom is 0.153 e. The lowest BCUT2D eigenvalue weighted by Crippen LogP contribution is -2.06. The van der Waals surface area contributed by atoms with Gasteiger partial charge in [0, 0.05) is 6.07 Å². The van der Waals surface area contributed by atoms with Crippen LogP contribution in [0.1, 0.15) is 24.2 Å². The third kappa shape index (κ3) is 2.83. The molecule has 0 aromatic heterocycles. The number of hydrogen-bond acceptors (Lipinski definition) is 2. The number of carbonyl (C=O) groups is 1. The summed E-state index contributed by atoms with van der Waals surface area (Å²) in [5.41, 5.74) is 0.382. The Hall–Kier alpha value is -1.38. The lowest BCUT2D eigenvalue weighted by Gasteiger charge is -2.10. The number of rotatable bonds is 4. The summed E-state index contributed by atoms with van der Waals surface area (Å²) in [6.45, 7) is 4.45. The first-order valence-electron chi connectivity index (χ1n) is 4.51. The predicted octanol–water partition coefficient (Wildman–Crippen LogP) is 2.67. The molecule has 0 saturated heterocycles. The lowest BCUT2D eigenvalue weighted by atomic mass is 10.2. The van der Waals surface area contributed by atoms with Gasteiger partial charge in [0.15, 0.2) is 6.29 Å². The van der Waals surface area contributed by atoms with Gasteiger partial charge in [-0.2, -0.15) is 0 Å². The standard InChI is InChI=1S/C11H13FO2/c1-8(2)7-14-11-5-10(12)4-3-9(11)6-13/h3-6,8H,7H2,1-2H3. The van der Waals surface area contributed by atoms with Crippen LogP contribution >= 0.6 is 0 Å². The summed E-state index contributed by atoms with van der Waals surface area (Å²) < 4.78 is 18.1. The summed E-state index contributed by atoms with van der Waals surface area (Å²) in [6.07, 6.45) is 0.662. The molecule has 1 aromatic rings. The monoisotopic (exact) mass is 196 g/mol. The van der Waals surface area contributed by atoms with Crippen molar-refractivity contribution in [3.05, 3.63) is 29.6 Å². The van der Waals surface area contributed by atoms with Crippen LogP contribution in [0.2, 0.25) is 0 Å². The summed E-state index contributed by atoms with van der Waals surface area (Å²) in [6, 6.07) is 3.88. The van der Waals surface area contributed by atoms with E-state index in [0.717, 1.165) is 0 Å². The van der Waals surface area contributed by atoms with Crippen molar-refractivity contribution in [2.45, 2.75) is 13.8 Å². The van der Waals surface area contributed by atoms with E-state index >= 15 is 0 Å². The fourth-order valence-electron chi connectivity index (χ4n) is 0.987. The smallest absolute Gasteiger partial charge is 0.153 e. The van der Waals surface area contributed by atoms with Crippen LogP contribution in [-0.4, -0.2) is 12.9 Å². The fourth-order valence-corrected chi connectivity index (χ4v) is 0.987. The summed E-state index contributed by atoms with van der Waals surface area (Å²) in [5.74, 6) is 0.265. The van der Waals surface area contributed by atoms with E-state index in [2.05, 4.69) is 0 Å². The van der Waals surface area contributed by atoms with Gasteiger partial charge in [-0.05, 0) is 18.1 Å². The van der Waals surface area contributed by atoms with Crippen molar-refractivity contribution < 1.29 is 13.9 Å². The number of carbonyl (C=O) groups excluding carboxylic acids is 1. The first kappa shape index (κ1) is 10.7. The Balaban J connectivity index is 2.82. The second-order valence-corrected chi connectivity index (χ2v) is 3.50. The Morgan fingerprint density at radius 3 is 2.79 bits per heavy atom. The molecule has 0 spiro atoms. The zero-order chi connectivity index (χ0) is 10.6. The molecule has 0 bridgehead atoms. The SMILES string of the molecule is CC(C)COc1cc(F)ccc1C=O. The summed E-state index contributed by atoms with van der Waals surface area (Å²) in [7, 11) is 0. The van der Waals surface area contributed by atoms with Crippen LogP contribution in [0, 0.1) is 11.7 Å². The summed E-state index contributed by atoms with van der Waals surface area (Å²) in [4.78, 5) is 10.6. The Morgan fingerprint density at radius 1 is 1.50 bits per heavy atom. The van der Waals surface area contributed by atoms with E-state index in [1.54, 1.807) is 0 Å². The maximum atomic E-state index is 12.8. The molecule has 1 aromatic carbocycles. The topological polar surface area (TPSA) is 26.3 Å². The highest BCUT2D eigenvalue weighted by molar-refractivity contribution is 5.79. The Labute approximate surface area is 82.7 Å². The largest absolute Gasteiger partial charge is 0.492 e. The van der Waals surface area contributed by atoms with Crippen LogP contribution in [-0.2, 0) is 0 Å². The molecule has 0 aliphatic carbocycles. The third-order valence-electron chi connectivity index (χ3n) is 1.67. The highest BCUT2D eigenvalue weighted by Crippen LogP contribution is 2.18. The minimum atomic E-state index is -0.394. The van der Waals surface area contributed by atoms with Gasteiger partial charge in [0.05, 0.1) is 12.2 Å². The molecule has 0 saturated carbocycles. The van der Waals surface area contributed by atoms with Crippen molar-refractivity contribution in [1.29, 1.82) is 0 Å². The number of ether oxygens (including phenoxy) is 1. The molecule has 0 fully saturated rings. The van der Waals surface area contributed by atoms with E-state index in [0.29, 0.717) is 30.1 Å². The van der Waals surface area contributed by atoms with E-state index in [4.69, 9.17) is 4.74 Å². The molecule has 0 unspecified atom stereocenters. The van der Waals surface area contributed by atoms with Gasteiger partial charge in [-0.1, -0.05) is 13.8 Å². The van der Waals surface area contributed by atoms with E-state index in [-0.39, 0.29) is 0 Å². The van der Waals surface area contributed by atoms with Crippen LogP contribution in [0.25, 0.3) is 0 Å². The van der Waals surface area contributed by atoms with E-state index in [9.17, 15) is 9.18 Å². The van der Waals surface area contributed by atoms with Gasteiger partial charge in [-0.25, -0.2) is 4.39 Å². The minimum absolute atomic E-state index is 0.314. The molecule has 0 atom stereocenters. The van der Waals surface area contributed by atoms with Gasteiger partial charge >= 0.3 is 0 Å². The fraction of sp³-hybridized carbons (Fsp3) is 0.364. The van der Waals surface area contributed by atoms with Gasteiger partial charge in [0.25, 0.3) is 0 Å². The average Bonchev–Trinajstić information content (AvgIpc) is 2.15. The molecule has 0 radical (unpaired) electrons. The van der Waals surface area contributed by atoms with Crippen molar-refractivity contribution in [2.75, 3.05) is 6.61 Å². The molecule has 14 heavy (non-hydrogen) atoms. The molecular weight excluding hydrogens is 183 g/mol. The third-order valence-corrected chi connectivity index (χ3v) is 1.67. The number of hydrogen-bond donors (Lipinski definition) is 0. The molecule has 0 aliphatic rings. The molecule has 3 heteroatoms. The van der Waals surface area contributed by atoms with Gasteiger partial charge < -0.3 is 4.74 Å². The van der Waals surface area contributed by atoms with Crippen molar-refractivity contribution in [2.24, 2.45) is 5.92 Å². The van der Waals surface area contributed by atoms with Crippen LogP contribution in [0.15, 0.2) is 18.2 Å². The Kier molecular flexibility index (Phi) is 3.63. The lowest BCUT2D eigenvalue weighted by molar-refractivity contribution is 0.111. The number of benzene rings is 1. The normalized spacial score (nSPS) is 10.3. The predicted molar refractivity (Wildman–Crippen MR) is 52.1 cm³/mol. The molecule has 0 amide bonds. The van der Waals surface area contributed by atoms with Crippen LogP contribution in [0.5, 0.6) is 5.75 Å². The molecule has 0 aliphatic heterocycles. The summed E-state index contributed by atoms with van der Waals surface area (Å²) in [5, 5.41) is 0. The van der Waals surface area contributed by atoms with Crippen LogP contribution in [0.3, 0.4) is 0 Å². The minimum Gasteiger partial charge on any atom is -0.492 e. The van der Waals surface area contributed by atoms with E-state index < -0.39 is 5.82 Å². The van der Waals surface area contributed by atoms with Gasteiger partial charge in [0.1, 0.15) is 11.6 Å². The highest BCUT2D eigenvalue weighted by atomic mass is 19.1. The van der Waals surface area contributed by atoms with Crippen molar-refractivity contribution in [3.8, 4) is 5.75 Å². The van der Waals surface area contributed by atoms with Crippen molar-refractivity contribution in [3.63, 3.8) is 0 Å². The summed E-state index contributed by atoms with van der Waals surface area (Å²) >= 11 is 0.